The standard InChI is InChI=1S/C8H14N2O4S/c9-3-7-4-10(8(11)14-7)6-1-2-15(12,13)5-6/h6-7H,1-5,9H2. The summed E-state index contributed by atoms with van der Waals surface area (Å²) in [6.07, 6.45) is -0.220. The summed E-state index contributed by atoms with van der Waals surface area (Å²) in [6.45, 7) is 0.692. The third kappa shape index (κ3) is 2.07. The van der Waals surface area contributed by atoms with Crippen LogP contribution in [0.25, 0.3) is 0 Å². The van der Waals surface area contributed by atoms with Gasteiger partial charge in [-0.2, -0.15) is 0 Å². The van der Waals surface area contributed by atoms with Crippen molar-refractivity contribution < 1.29 is 17.9 Å². The van der Waals surface area contributed by atoms with Crippen LogP contribution >= 0.6 is 0 Å². The SMILES string of the molecule is NCC1CN(C2CCS(=O)(=O)C2)C(=O)O1. The van der Waals surface area contributed by atoms with Gasteiger partial charge in [-0.3, -0.25) is 0 Å². The minimum Gasteiger partial charge on any atom is -0.443 e. The van der Waals surface area contributed by atoms with Gasteiger partial charge in [0.15, 0.2) is 9.84 Å². The number of hydrogen-bond acceptors (Lipinski definition) is 5. The Bertz CT molecular complexity index is 367. The van der Waals surface area contributed by atoms with Crippen molar-refractivity contribution in [3.8, 4) is 0 Å². The lowest BCUT2D eigenvalue weighted by atomic mass is 10.2. The number of nitrogens with zero attached hydrogens (tertiary/aromatic N) is 1. The average molecular weight is 234 g/mol. The molecule has 2 fully saturated rings. The molecular weight excluding hydrogens is 220 g/mol. The van der Waals surface area contributed by atoms with Crippen molar-refractivity contribution >= 4 is 15.9 Å². The second kappa shape index (κ2) is 3.64. The van der Waals surface area contributed by atoms with Gasteiger partial charge in [-0.1, -0.05) is 0 Å². The van der Waals surface area contributed by atoms with Gasteiger partial charge >= 0.3 is 6.09 Å². The van der Waals surface area contributed by atoms with Crippen molar-refractivity contribution in [1.82, 2.24) is 4.90 Å². The highest BCUT2D eigenvalue weighted by atomic mass is 32.2. The molecule has 1 amide bonds. The van der Waals surface area contributed by atoms with E-state index in [-0.39, 0.29) is 30.2 Å². The highest BCUT2D eigenvalue weighted by molar-refractivity contribution is 7.91. The number of sulfone groups is 1. The first-order chi connectivity index (χ1) is 7.02. The number of ether oxygens (including phenoxy) is 1. The van der Waals surface area contributed by atoms with Crippen molar-refractivity contribution in [2.45, 2.75) is 18.6 Å². The monoisotopic (exact) mass is 234 g/mol. The highest BCUT2D eigenvalue weighted by Gasteiger charge is 2.40. The van der Waals surface area contributed by atoms with Gasteiger partial charge in [0.05, 0.1) is 24.1 Å². The first-order valence-electron chi connectivity index (χ1n) is 4.89. The van der Waals surface area contributed by atoms with E-state index < -0.39 is 15.9 Å². The van der Waals surface area contributed by atoms with Gasteiger partial charge in [-0.25, -0.2) is 13.2 Å². The molecular formula is C8H14N2O4S. The van der Waals surface area contributed by atoms with Crippen LogP contribution in [0, 0.1) is 0 Å². The Labute approximate surface area is 88.3 Å². The summed E-state index contributed by atoms with van der Waals surface area (Å²) in [5, 5.41) is 0. The van der Waals surface area contributed by atoms with E-state index in [4.69, 9.17) is 10.5 Å². The fraction of sp³-hybridized carbons (Fsp3) is 0.875. The predicted octanol–water partition coefficient (Wildman–Crippen LogP) is -1.05. The zero-order valence-electron chi connectivity index (χ0n) is 8.26. The molecule has 7 heteroatoms. The Morgan fingerprint density at radius 3 is 2.73 bits per heavy atom. The fourth-order valence-corrected chi connectivity index (χ4v) is 3.71. The minimum absolute atomic E-state index is 0.0550. The number of carbonyl (C=O) groups excluding carboxylic acids is 1. The van der Waals surface area contributed by atoms with E-state index in [2.05, 4.69) is 0 Å². The number of carbonyl (C=O) groups is 1. The zero-order valence-corrected chi connectivity index (χ0v) is 9.07. The molecule has 6 nitrogen and oxygen atoms in total. The average Bonchev–Trinajstić information content (AvgIpc) is 2.69. The molecule has 2 unspecified atom stereocenters. The smallest absolute Gasteiger partial charge is 0.410 e. The maximum atomic E-state index is 11.4. The molecule has 2 aliphatic heterocycles. The summed E-state index contributed by atoms with van der Waals surface area (Å²) >= 11 is 0. The molecule has 0 spiro atoms. The van der Waals surface area contributed by atoms with Gasteiger partial charge in [0.1, 0.15) is 6.10 Å². The van der Waals surface area contributed by atoms with Crippen LogP contribution in [0.4, 0.5) is 4.79 Å². The summed E-state index contributed by atoms with van der Waals surface area (Å²) in [6, 6.07) is -0.223. The van der Waals surface area contributed by atoms with Crippen molar-refractivity contribution in [2.75, 3.05) is 24.6 Å². The van der Waals surface area contributed by atoms with Gasteiger partial charge in [0, 0.05) is 6.54 Å². The third-order valence-electron chi connectivity index (χ3n) is 2.81. The van der Waals surface area contributed by atoms with E-state index in [1.54, 1.807) is 0 Å². The molecule has 2 heterocycles. The number of amides is 1. The van der Waals surface area contributed by atoms with Gasteiger partial charge in [0.25, 0.3) is 0 Å². The van der Waals surface area contributed by atoms with E-state index in [1.807, 2.05) is 0 Å². The van der Waals surface area contributed by atoms with Gasteiger partial charge < -0.3 is 15.4 Å². The maximum Gasteiger partial charge on any atom is 0.410 e. The lowest BCUT2D eigenvalue weighted by molar-refractivity contribution is 0.131. The summed E-state index contributed by atoms with van der Waals surface area (Å²) in [5.41, 5.74) is 5.39. The van der Waals surface area contributed by atoms with E-state index in [9.17, 15) is 13.2 Å². The van der Waals surface area contributed by atoms with Crippen LogP contribution < -0.4 is 5.73 Å². The summed E-state index contributed by atoms with van der Waals surface area (Å²) in [7, 11) is -2.96. The third-order valence-corrected chi connectivity index (χ3v) is 4.56. The number of rotatable bonds is 2. The molecule has 2 atom stereocenters. The Hall–Kier alpha value is -0.820. The molecule has 0 aromatic carbocycles. The number of cyclic esters (lactones) is 1. The molecule has 2 N–H and O–H groups in total. The normalized spacial score (nSPS) is 34.5. The largest absolute Gasteiger partial charge is 0.443 e. The van der Waals surface area contributed by atoms with Gasteiger partial charge in [-0.15, -0.1) is 0 Å². The molecule has 2 rings (SSSR count). The topological polar surface area (TPSA) is 89.7 Å². The summed E-state index contributed by atoms with van der Waals surface area (Å²) < 4.78 is 27.5. The Morgan fingerprint density at radius 2 is 2.27 bits per heavy atom. The van der Waals surface area contributed by atoms with Crippen LogP contribution in [0.5, 0.6) is 0 Å². The van der Waals surface area contributed by atoms with Crippen molar-refractivity contribution in [1.29, 1.82) is 0 Å². The predicted molar refractivity (Wildman–Crippen MR) is 53.1 cm³/mol. The second-order valence-electron chi connectivity index (χ2n) is 3.95. The molecule has 15 heavy (non-hydrogen) atoms. The first kappa shape index (κ1) is 10.7. The van der Waals surface area contributed by atoms with E-state index in [1.165, 1.54) is 4.90 Å². The summed E-state index contributed by atoms with van der Waals surface area (Å²) in [5.74, 6) is 0.216. The van der Waals surface area contributed by atoms with Gasteiger partial charge in [0.2, 0.25) is 0 Å². The quantitative estimate of drug-likeness (QED) is 0.658. The van der Waals surface area contributed by atoms with E-state index in [0.29, 0.717) is 13.0 Å². The Morgan fingerprint density at radius 1 is 1.53 bits per heavy atom. The highest BCUT2D eigenvalue weighted by Crippen LogP contribution is 2.22. The summed E-state index contributed by atoms with van der Waals surface area (Å²) in [4.78, 5) is 12.9. The van der Waals surface area contributed by atoms with Crippen LogP contribution in [-0.2, 0) is 14.6 Å². The number of nitrogens with two attached hydrogens (primary N) is 1. The Balaban J connectivity index is 2.04. The lowest BCUT2D eigenvalue weighted by Gasteiger charge is -2.19. The van der Waals surface area contributed by atoms with Crippen LogP contribution in [0.1, 0.15) is 6.42 Å². The van der Waals surface area contributed by atoms with Crippen LogP contribution in [0.2, 0.25) is 0 Å². The molecule has 0 aromatic heterocycles. The van der Waals surface area contributed by atoms with Gasteiger partial charge in [-0.05, 0) is 6.42 Å². The minimum atomic E-state index is -2.96. The molecule has 0 aromatic rings. The molecule has 0 bridgehead atoms. The van der Waals surface area contributed by atoms with Crippen molar-refractivity contribution in [3.63, 3.8) is 0 Å². The maximum absolute atomic E-state index is 11.4. The zero-order chi connectivity index (χ0) is 11.1. The van der Waals surface area contributed by atoms with E-state index >= 15 is 0 Å². The first-order valence-corrected chi connectivity index (χ1v) is 6.72. The van der Waals surface area contributed by atoms with Crippen molar-refractivity contribution in [3.05, 3.63) is 0 Å². The molecule has 2 aliphatic rings. The Kier molecular flexibility index (Phi) is 2.59. The van der Waals surface area contributed by atoms with Crippen molar-refractivity contribution in [2.24, 2.45) is 5.73 Å². The lowest BCUT2D eigenvalue weighted by Crippen LogP contribution is -2.37. The molecule has 0 saturated carbocycles. The van der Waals surface area contributed by atoms with Crippen LogP contribution in [-0.4, -0.2) is 56.2 Å². The molecule has 2 saturated heterocycles. The van der Waals surface area contributed by atoms with Crippen LogP contribution in [0.15, 0.2) is 0 Å². The molecule has 0 radical (unpaired) electrons. The number of hydrogen-bond donors (Lipinski definition) is 1. The van der Waals surface area contributed by atoms with E-state index in [0.717, 1.165) is 0 Å². The molecule has 86 valence electrons. The second-order valence-corrected chi connectivity index (χ2v) is 6.18. The van der Waals surface area contributed by atoms with Crippen LogP contribution in [0.3, 0.4) is 0 Å². The fourth-order valence-electron chi connectivity index (χ4n) is 1.98. The molecule has 0 aliphatic carbocycles.